The van der Waals surface area contributed by atoms with E-state index in [2.05, 4.69) is 21.4 Å². The Hall–Kier alpha value is -2.05. The molecule has 2 aliphatic heterocycles. The number of piperidine rings is 2. The lowest BCUT2D eigenvalue weighted by Gasteiger charge is -2.33. The second-order valence-corrected chi connectivity index (χ2v) is 8.65. The Kier molecular flexibility index (Phi) is 6.95. The number of hydrogen-bond donors (Lipinski definition) is 0. The molecule has 4 rings (SSSR count). The number of halogens is 1. The molecular formula is C23H31ClN4O2. The third-order valence-corrected chi connectivity index (χ3v) is 6.39. The molecule has 0 bridgehead atoms. The zero-order chi connectivity index (χ0) is 20.9. The van der Waals surface area contributed by atoms with Crippen LogP contribution in [0.4, 0.5) is 0 Å². The summed E-state index contributed by atoms with van der Waals surface area (Å²) in [7, 11) is 0. The van der Waals surface area contributed by atoms with Crippen molar-refractivity contribution >= 4 is 17.5 Å². The maximum atomic E-state index is 13.0. The number of hydrogen-bond acceptors (Lipinski definition) is 4. The molecule has 0 N–H and O–H groups in total. The van der Waals surface area contributed by atoms with Crippen molar-refractivity contribution in [3.05, 3.63) is 47.0 Å². The van der Waals surface area contributed by atoms with Gasteiger partial charge in [-0.25, -0.2) is 4.98 Å². The normalized spacial score (nSPS) is 18.5. The van der Waals surface area contributed by atoms with Gasteiger partial charge in [-0.3, -0.25) is 9.69 Å². The quantitative estimate of drug-likeness (QED) is 0.688. The van der Waals surface area contributed by atoms with Crippen molar-refractivity contribution in [1.82, 2.24) is 19.4 Å². The smallest absolute Gasteiger partial charge is 0.257 e. The van der Waals surface area contributed by atoms with E-state index in [0.29, 0.717) is 16.3 Å². The molecule has 0 radical (unpaired) electrons. The molecule has 30 heavy (non-hydrogen) atoms. The number of carbonyl (C=O) groups excluding carboxylic acids is 1. The van der Waals surface area contributed by atoms with Gasteiger partial charge in [0.15, 0.2) is 0 Å². The van der Waals surface area contributed by atoms with E-state index in [0.717, 1.165) is 70.8 Å². The molecule has 7 heteroatoms. The largest absolute Gasteiger partial charge is 0.489 e. The van der Waals surface area contributed by atoms with Crippen molar-refractivity contribution in [3.8, 4) is 5.75 Å². The van der Waals surface area contributed by atoms with E-state index in [9.17, 15) is 4.79 Å². The van der Waals surface area contributed by atoms with E-state index in [1.54, 1.807) is 12.1 Å². The van der Waals surface area contributed by atoms with Crippen molar-refractivity contribution in [2.75, 3.05) is 26.2 Å². The maximum Gasteiger partial charge on any atom is 0.257 e. The molecule has 1 aromatic heterocycles. The summed E-state index contributed by atoms with van der Waals surface area (Å²) in [4.78, 5) is 21.9. The predicted octanol–water partition coefficient (Wildman–Crippen LogP) is 4.23. The lowest BCUT2D eigenvalue weighted by atomic mass is 10.1. The average Bonchev–Trinajstić information content (AvgIpc) is 3.22. The van der Waals surface area contributed by atoms with Crippen LogP contribution in [-0.4, -0.2) is 57.5 Å². The molecule has 3 heterocycles. The zero-order valence-corrected chi connectivity index (χ0v) is 18.5. The van der Waals surface area contributed by atoms with Crippen LogP contribution in [0.2, 0.25) is 5.02 Å². The molecule has 0 aliphatic carbocycles. The third-order valence-electron chi connectivity index (χ3n) is 6.15. The minimum absolute atomic E-state index is 0.0604. The second-order valence-electron chi connectivity index (χ2n) is 8.22. The summed E-state index contributed by atoms with van der Waals surface area (Å²) >= 11 is 6.23. The van der Waals surface area contributed by atoms with Crippen LogP contribution in [0.1, 0.15) is 55.2 Å². The number of carbonyl (C=O) groups is 1. The number of imidazole rings is 1. The summed E-state index contributed by atoms with van der Waals surface area (Å²) in [6.07, 6.45) is 9.20. The van der Waals surface area contributed by atoms with Gasteiger partial charge >= 0.3 is 0 Å². The van der Waals surface area contributed by atoms with E-state index in [-0.39, 0.29) is 12.0 Å². The van der Waals surface area contributed by atoms with E-state index >= 15 is 0 Å². The lowest BCUT2D eigenvalue weighted by Crippen LogP contribution is -2.39. The summed E-state index contributed by atoms with van der Waals surface area (Å²) in [6, 6.07) is 5.39. The monoisotopic (exact) mass is 430 g/mol. The first-order valence-electron chi connectivity index (χ1n) is 11.1. The minimum atomic E-state index is 0.0604. The molecule has 2 fully saturated rings. The molecule has 0 spiro atoms. The highest BCUT2D eigenvalue weighted by Gasteiger charge is 2.26. The fourth-order valence-electron chi connectivity index (χ4n) is 4.38. The van der Waals surface area contributed by atoms with Crippen LogP contribution in [-0.2, 0) is 13.1 Å². The van der Waals surface area contributed by atoms with Crippen LogP contribution >= 0.6 is 11.6 Å². The van der Waals surface area contributed by atoms with Crippen LogP contribution in [0.25, 0.3) is 0 Å². The standard InChI is InChI=1S/C23H31ClN4O2/c1-2-27-15-10-25-22(27)17-26-13-8-19(9-14-26)30-21-16-18(24)6-7-20(21)23(29)28-11-4-3-5-12-28/h6-7,10,15-16,19H,2-5,8-9,11-14,17H2,1H3. The van der Waals surface area contributed by atoms with Crippen LogP contribution in [0, 0.1) is 0 Å². The number of benzene rings is 1. The van der Waals surface area contributed by atoms with Gasteiger partial charge < -0.3 is 14.2 Å². The summed E-state index contributed by atoms with van der Waals surface area (Å²) in [6.45, 7) is 7.51. The molecule has 1 amide bonds. The van der Waals surface area contributed by atoms with E-state index in [1.807, 2.05) is 23.4 Å². The molecule has 0 unspecified atom stereocenters. The van der Waals surface area contributed by atoms with Crippen molar-refractivity contribution in [2.24, 2.45) is 0 Å². The Balaban J connectivity index is 1.37. The van der Waals surface area contributed by atoms with Gasteiger partial charge in [-0.2, -0.15) is 0 Å². The maximum absolute atomic E-state index is 13.0. The highest BCUT2D eigenvalue weighted by Crippen LogP contribution is 2.29. The van der Waals surface area contributed by atoms with Crippen molar-refractivity contribution in [3.63, 3.8) is 0 Å². The molecule has 2 saturated heterocycles. The predicted molar refractivity (Wildman–Crippen MR) is 118 cm³/mol. The van der Waals surface area contributed by atoms with Crippen LogP contribution in [0.15, 0.2) is 30.6 Å². The summed E-state index contributed by atoms with van der Waals surface area (Å²) < 4.78 is 8.52. The number of rotatable bonds is 6. The molecule has 2 aliphatic rings. The van der Waals surface area contributed by atoms with Gasteiger partial charge in [0.25, 0.3) is 5.91 Å². The van der Waals surface area contributed by atoms with Crippen LogP contribution in [0.5, 0.6) is 5.75 Å². The molecule has 2 aromatic rings. The fourth-order valence-corrected chi connectivity index (χ4v) is 4.54. The molecular weight excluding hydrogens is 400 g/mol. The first-order chi connectivity index (χ1) is 14.6. The van der Waals surface area contributed by atoms with Gasteiger partial charge in [0.05, 0.1) is 12.1 Å². The number of ether oxygens (including phenoxy) is 1. The van der Waals surface area contributed by atoms with Gasteiger partial charge in [-0.15, -0.1) is 0 Å². The highest BCUT2D eigenvalue weighted by atomic mass is 35.5. The molecule has 162 valence electrons. The van der Waals surface area contributed by atoms with Gasteiger partial charge in [0.2, 0.25) is 0 Å². The number of amides is 1. The number of aryl methyl sites for hydroxylation is 1. The number of likely N-dealkylation sites (tertiary alicyclic amines) is 2. The van der Waals surface area contributed by atoms with Crippen LogP contribution in [0.3, 0.4) is 0 Å². The van der Waals surface area contributed by atoms with Crippen LogP contribution < -0.4 is 4.74 Å². The lowest BCUT2D eigenvalue weighted by molar-refractivity contribution is 0.0701. The Morgan fingerprint density at radius 2 is 1.93 bits per heavy atom. The average molecular weight is 431 g/mol. The first kappa shape index (κ1) is 21.2. The highest BCUT2D eigenvalue weighted by molar-refractivity contribution is 6.30. The van der Waals surface area contributed by atoms with Gasteiger partial charge in [0.1, 0.15) is 17.7 Å². The molecule has 1 aromatic carbocycles. The van der Waals surface area contributed by atoms with E-state index in [4.69, 9.17) is 16.3 Å². The Labute approximate surface area is 183 Å². The Morgan fingerprint density at radius 1 is 1.17 bits per heavy atom. The summed E-state index contributed by atoms with van der Waals surface area (Å²) in [5.74, 6) is 1.80. The van der Waals surface area contributed by atoms with Crippen molar-refractivity contribution in [1.29, 1.82) is 0 Å². The molecule has 0 saturated carbocycles. The number of nitrogens with zero attached hydrogens (tertiary/aromatic N) is 4. The second kappa shape index (κ2) is 9.84. The summed E-state index contributed by atoms with van der Waals surface area (Å²) in [5.41, 5.74) is 0.633. The number of aromatic nitrogens is 2. The van der Waals surface area contributed by atoms with Gasteiger partial charge in [-0.05, 0) is 57.2 Å². The molecule has 0 atom stereocenters. The fraction of sp³-hybridized carbons (Fsp3) is 0.565. The van der Waals surface area contributed by atoms with E-state index in [1.165, 1.54) is 6.42 Å². The van der Waals surface area contributed by atoms with Crippen molar-refractivity contribution < 1.29 is 9.53 Å². The van der Waals surface area contributed by atoms with E-state index < -0.39 is 0 Å². The first-order valence-corrected chi connectivity index (χ1v) is 11.5. The van der Waals surface area contributed by atoms with Crippen molar-refractivity contribution in [2.45, 2.75) is 58.2 Å². The minimum Gasteiger partial charge on any atom is -0.489 e. The zero-order valence-electron chi connectivity index (χ0n) is 17.7. The molecule has 6 nitrogen and oxygen atoms in total. The summed E-state index contributed by atoms with van der Waals surface area (Å²) in [5, 5.41) is 0.601. The Morgan fingerprint density at radius 3 is 2.67 bits per heavy atom. The van der Waals surface area contributed by atoms with Gasteiger partial charge in [-0.1, -0.05) is 11.6 Å². The SMILES string of the molecule is CCn1ccnc1CN1CCC(Oc2cc(Cl)ccc2C(=O)N2CCCCC2)CC1. The Bertz CT molecular complexity index is 855. The third kappa shape index (κ3) is 4.98. The topological polar surface area (TPSA) is 50.6 Å². The van der Waals surface area contributed by atoms with Gasteiger partial charge in [0, 0.05) is 50.1 Å².